The lowest BCUT2D eigenvalue weighted by molar-refractivity contribution is -0.149. The Labute approximate surface area is 202 Å². The topological polar surface area (TPSA) is 69.0 Å². The van der Waals surface area contributed by atoms with E-state index in [9.17, 15) is 9.59 Å². The van der Waals surface area contributed by atoms with Crippen LogP contribution < -0.4 is 4.74 Å². The number of fused-ring (bicyclic) bond motifs is 1. The molecule has 2 aliphatic rings. The molecule has 0 aliphatic carbocycles. The second-order valence-corrected chi connectivity index (χ2v) is 10.2. The zero-order valence-electron chi connectivity index (χ0n) is 21.4. The average Bonchev–Trinajstić information content (AvgIpc) is 3.28. The molecule has 0 N–H and O–H groups in total. The lowest BCUT2D eigenvalue weighted by atomic mass is 9.84. The minimum absolute atomic E-state index is 0.149. The molecule has 0 saturated carbocycles. The van der Waals surface area contributed by atoms with Crippen LogP contribution in [0, 0.1) is 20.8 Å². The minimum atomic E-state index is -0.535. The number of likely N-dealkylation sites (tertiary alicyclic amines) is 1. The van der Waals surface area contributed by atoms with Gasteiger partial charge >= 0.3 is 5.97 Å². The number of hydrogen-bond donors (Lipinski definition) is 0. The third-order valence-electron chi connectivity index (χ3n) is 7.44. The number of amides is 1. The molecule has 2 aliphatic heterocycles. The number of ether oxygens (including phenoxy) is 2. The van der Waals surface area contributed by atoms with E-state index in [4.69, 9.17) is 13.9 Å². The number of carbonyl (C=O) groups excluding carboxylic acids is 2. The van der Waals surface area contributed by atoms with Crippen molar-refractivity contribution < 1.29 is 23.5 Å². The maximum atomic E-state index is 13.2. The van der Waals surface area contributed by atoms with E-state index < -0.39 is 6.04 Å². The normalized spacial score (nSPS) is 19.4. The molecular formula is C28H37NO5. The quantitative estimate of drug-likeness (QED) is 0.547. The van der Waals surface area contributed by atoms with Crippen LogP contribution in [-0.2, 0) is 22.4 Å². The van der Waals surface area contributed by atoms with Crippen molar-refractivity contribution in [3.05, 3.63) is 51.5 Å². The van der Waals surface area contributed by atoms with Gasteiger partial charge in [0.15, 0.2) is 5.76 Å². The molecule has 1 atom stereocenters. The van der Waals surface area contributed by atoms with Gasteiger partial charge in [0.2, 0.25) is 0 Å². The van der Waals surface area contributed by atoms with Gasteiger partial charge in [-0.25, -0.2) is 4.79 Å². The van der Waals surface area contributed by atoms with Crippen molar-refractivity contribution in [2.45, 2.75) is 91.7 Å². The summed E-state index contributed by atoms with van der Waals surface area (Å²) in [5, 5.41) is 0. The lowest BCUT2D eigenvalue weighted by Crippen LogP contribution is -2.48. The van der Waals surface area contributed by atoms with Crippen LogP contribution in [0.15, 0.2) is 16.5 Å². The first kappa shape index (κ1) is 24.4. The Balaban J connectivity index is 1.57. The molecule has 1 amide bonds. The first-order valence-electron chi connectivity index (χ1n) is 12.5. The molecule has 1 unspecified atom stereocenters. The van der Waals surface area contributed by atoms with Gasteiger partial charge in [-0.3, -0.25) is 4.79 Å². The van der Waals surface area contributed by atoms with Crippen LogP contribution in [0.4, 0.5) is 0 Å². The SMILES string of the molecule is CCOC(=O)C1CCCCN1C(=O)c1ccc(Cc2c(C)c(C)c3c(c2C)CCC(C)(C)O3)o1. The van der Waals surface area contributed by atoms with Crippen molar-refractivity contribution in [3.63, 3.8) is 0 Å². The van der Waals surface area contributed by atoms with Gasteiger partial charge in [0.25, 0.3) is 5.91 Å². The van der Waals surface area contributed by atoms with Crippen LogP contribution in [0.5, 0.6) is 5.75 Å². The van der Waals surface area contributed by atoms with Gasteiger partial charge in [-0.2, -0.15) is 0 Å². The summed E-state index contributed by atoms with van der Waals surface area (Å²) in [5.74, 6) is 1.48. The minimum Gasteiger partial charge on any atom is -0.487 e. The van der Waals surface area contributed by atoms with Gasteiger partial charge in [0.1, 0.15) is 23.2 Å². The Morgan fingerprint density at radius 2 is 1.88 bits per heavy atom. The van der Waals surface area contributed by atoms with Crippen molar-refractivity contribution in [1.82, 2.24) is 4.90 Å². The zero-order chi connectivity index (χ0) is 24.6. The molecule has 3 heterocycles. The van der Waals surface area contributed by atoms with Crippen LogP contribution in [-0.4, -0.2) is 41.6 Å². The van der Waals surface area contributed by atoms with E-state index in [0.717, 1.165) is 37.2 Å². The Hall–Kier alpha value is -2.76. The van der Waals surface area contributed by atoms with Crippen LogP contribution >= 0.6 is 0 Å². The summed E-state index contributed by atoms with van der Waals surface area (Å²) in [6.45, 7) is 13.3. The second kappa shape index (κ2) is 9.47. The van der Waals surface area contributed by atoms with Gasteiger partial charge in [-0.15, -0.1) is 0 Å². The largest absolute Gasteiger partial charge is 0.487 e. The smallest absolute Gasteiger partial charge is 0.328 e. The molecule has 1 fully saturated rings. The molecule has 1 aromatic heterocycles. The van der Waals surface area contributed by atoms with E-state index in [1.54, 1.807) is 17.9 Å². The van der Waals surface area contributed by atoms with Gasteiger partial charge in [-0.1, -0.05) is 0 Å². The van der Waals surface area contributed by atoms with Gasteiger partial charge < -0.3 is 18.8 Å². The molecule has 4 rings (SSSR count). The highest BCUT2D eigenvalue weighted by atomic mass is 16.5. The summed E-state index contributed by atoms with van der Waals surface area (Å²) in [4.78, 5) is 27.2. The summed E-state index contributed by atoms with van der Waals surface area (Å²) in [6, 6.07) is 3.08. The predicted octanol–water partition coefficient (Wildman–Crippen LogP) is 5.46. The van der Waals surface area contributed by atoms with Crippen molar-refractivity contribution in [1.29, 1.82) is 0 Å². The van der Waals surface area contributed by atoms with Crippen molar-refractivity contribution >= 4 is 11.9 Å². The number of piperidine rings is 1. The molecule has 1 aromatic carbocycles. The van der Waals surface area contributed by atoms with E-state index in [2.05, 4.69) is 34.6 Å². The third-order valence-corrected chi connectivity index (χ3v) is 7.44. The number of carbonyl (C=O) groups is 2. The second-order valence-electron chi connectivity index (χ2n) is 10.2. The van der Waals surface area contributed by atoms with Crippen molar-refractivity contribution in [3.8, 4) is 5.75 Å². The number of furan rings is 1. The number of esters is 1. The summed E-state index contributed by atoms with van der Waals surface area (Å²) in [5.41, 5.74) is 6.00. The van der Waals surface area contributed by atoms with Gasteiger partial charge in [0.05, 0.1) is 6.61 Å². The molecule has 0 bridgehead atoms. The van der Waals surface area contributed by atoms with Crippen molar-refractivity contribution in [2.24, 2.45) is 0 Å². The fourth-order valence-electron chi connectivity index (χ4n) is 5.28. The fourth-order valence-corrected chi connectivity index (χ4v) is 5.28. The molecule has 6 heteroatoms. The summed E-state index contributed by atoms with van der Waals surface area (Å²) in [6.07, 6.45) is 5.01. The zero-order valence-corrected chi connectivity index (χ0v) is 21.4. The number of hydrogen-bond acceptors (Lipinski definition) is 5. The highest BCUT2D eigenvalue weighted by Gasteiger charge is 2.35. The molecule has 34 heavy (non-hydrogen) atoms. The maximum Gasteiger partial charge on any atom is 0.328 e. The average molecular weight is 468 g/mol. The number of rotatable bonds is 5. The summed E-state index contributed by atoms with van der Waals surface area (Å²) in [7, 11) is 0. The van der Waals surface area contributed by atoms with Gasteiger partial charge in [0, 0.05) is 13.0 Å². The molecule has 1 saturated heterocycles. The van der Waals surface area contributed by atoms with Crippen LogP contribution in [0.25, 0.3) is 0 Å². The van der Waals surface area contributed by atoms with Crippen molar-refractivity contribution in [2.75, 3.05) is 13.2 Å². The Morgan fingerprint density at radius 3 is 2.62 bits per heavy atom. The summed E-state index contributed by atoms with van der Waals surface area (Å²) >= 11 is 0. The van der Waals surface area contributed by atoms with E-state index in [-0.39, 0.29) is 23.2 Å². The monoisotopic (exact) mass is 467 g/mol. The fraction of sp³-hybridized carbons (Fsp3) is 0.571. The van der Waals surface area contributed by atoms with E-state index >= 15 is 0 Å². The van der Waals surface area contributed by atoms with E-state index in [0.29, 0.717) is 26.0 Å². The van der Waals surface area contributed by atoms with Gasteiger partial charge in [-0.05, 0) is 114 Å². The third kappa shape index (κ3) is 4.59. The Morgan fingerprint density at radius 1 is 1.12 bits per heavy atom. The molecule has 184 valence electrons. The maximum absolute atomic E-state index is 13.2. The first-order chi connectivity index (χ1) is 16.1. The molecule has 0 radical (unpaired) electrons. The molecular weight excluding hydrogens is 430 g/mol. The highest BCUT2D eigenvalue weighted by molar-refractivity contribution is 5.94. The molecule has 2 aromatic rings. The Kier molecular flexibility index (Phi) is 6.79. The number of nitrogens with zero attached hydrogens (tertiary/aromatic N) is 1. The molecule has 0 spiro atoms. The number of benzene rings is 1. The summed E-state index contributed by atoms with van der Waals surface area (Å²) < 4.78 is 17.6. The van der Waals surface area contributed by atoms with E-state index in [1.807, 2.05) is 6.07 Å². The molecule has 6 nitrogen and oxygen atoms in total. The standard InChI is InChI=1S/C28H37NO5/c1-7-32-27(31)23-10-8-9-15-29(23)26(30)24-12-11-20(33-24)16-22-17(2)18(3)25-21(19(22)4)13-14-28(5,6)34-25/h11-12,23H,7-10,13-16H2,1-6H3. The van der Waals surface area contributed by atoms with Crippen LogP contribution in [0.3, 0.4) is 0 Å². The highest BCUT2D eigenvalue weighted by Crippen LogP contribution is 2.41. The lowest BCUT2D eigenvalue weighted by Gasteiger charge is -2.35. The van der Waals surface area contributed by atoms with E-state index in [1.165, 1.54) is 27.8 Å². The Bertz CT molecular complexity index is 1100. The van der Waals surface area contributed by atoms with Crippen LogP contribution in [0.2, 0.25) is 0 Å². The first-order valence-corrected chi connectivity index (χ1v) is 12.5. The predicted molar refractivity (Wildman–Crippen MR) is 131 cm³/mol. The van der Waals surface area contributed by atoms with Crippen LogP contribution in [0.1, 0.15) is 90.6 Å².